The molecule has 92 valence electrons. The molecule has 0 saturated heterocycles. The molecule has 1 heterocycles. The number of ether oxygens (including phenoxy) is 1. The lowest BCUT2D eigenvalue weighted by molar-refractivity contribution is 0.415. The lowest BCUT2D eigenvalue weighted by Gasteiger charge is -2.01. The lowest BCUT2D eigenvalue weighted by Crippen LogP contribution is -1.81. The summed E-state index contributed by atoms with van der Waals surface area (Å²) in [5, 5.41) is 5.02. The minimum absolute atomic E-state index is 0.890. The van der Waals surface area contributed by atoms with E-state index in [1.807, 2.05) is 6.07 Å². The first-order valence-electron chi connectivity index (χ1n) is 6.34. The summed E-state index contributed by atoms with van der Waals surface area (Å²) in [4.78, 5) is 3.47. The number of fused-ring (bicyclic) bond motifs is 5. The van der Waals surface area contributed by atoms with E-state index in [0.717, 1.165) is 11.3 Å². The summed E-state index contributed by atoms with van der Waals surface area (Å²) in [6, 6.07) is 18.9. The van der Waals surface area contributed by atoms with Crippen molar-refractivity contribution in [3.8, 4) is 5.75 Å². The van der Waals surface area contributed by atoms with Crippen LogP contribution >= 0.6 is 0 Å². The van der Waals surface area contributed by atoms with Gasteiger partial charge in [-0.25, -0.2) is 0 Å². The Kier molecular flexibility index (Phi) is 2.06. The number of rotatable bonds is 1. The number of aromatic nitrogens is 1. The molecule has 4 aromatic rings. The first-order chi connectivity index (χ1) is 9.36. The van der Waals surface area contributed by atoms with Gasteiger partial charge in [0.15, 0.2) is 0 Å². The Balaban J connectivity index is 2.27. The zero-order valence-corrected chi connectivity index (χ0v) is 10.6. The Bertz CT molecular complexity index is 905. The molecular weight excluding hydrogens is 234 g/mol. The predicted molar refractivity (Wildman–Crippen MR) is 79.9 cm³/mol. The van der Waals surface area contributed by atoms with Gasteiger partial charge in [-0.15, -0.1) is 0 Å². The number of nitrogens with one attached hydrogen (secondary N) is 1. The van der Waals surface area contributed by atoms with E-state index in [4.69, 9.17) is 4.74 Å². The largest absolute Gasteiger partial charge is 0.497 e. The fraction of sp³-hybridized carbons (Fsp3) is 0.0588. The smallest absolute Gasteiger partial charge is 0.119 e. The Hall–Kier alpha value is -2.48. The summed E-state index contributed by atoms with van der Waals surface area (Å²) in [5.74, 6) is 0.890. The van der Waals surface area contributed by atoms with Crippen LogP contribution in [-0.2, 0) is 0 Å². The third-order valence-electron chi connectivity index (χ3n) is 3.69. The number of benzene rings is 3. The summed E-state index contributed by atoms with van der Waals surface area (Å²) in [5.41, 5.74) is 2.31. The number of H-pyrrole nitrogens is 1. The number of hydrogen-bond donors (Lipinski definition) is 1. The zero-order valence-electron chi connectivity index (χ0n) is 10.6. The van der Waals surface area contributed by atoms with E-state index in [9.17, 15) is 0 Å². The highest BCUT2D eigenvalue weighted by atomic mass is 16.5. The molecule has 0 aliphatic heterocycles. The maximum Gasteiger partial charge on any atom is 0.119 e. The van der Waals surface area contributed by atoms with E-state index >= 15 is 0 Å². The van der Waals surface area contributed by atoms with Gasteiger partial charge in [0.1, 0.15) is 5.75 Å². The van der Waals surface area contributed by atoms with Crippen molar-refractivity contribution in [2.24, 2.45) is 0 Å². The number of hydrogen-bond acceptors (Lipinski definition) is 1. The van der Waals surface area contributed by atoms with E-state index in [0.29, 0.717) is 0 Å². The third-order valence-corrected chi connectivity index (χ3v) is 3.69. The van der Waals surface area contributed by atoms with Crippen LogP contribution in [-0.4, -0.2) is 12.1 Å². The van der Waals surface area contributed by atoms with Crippen LogP contribution in [0.1, 0.15) is 0 Å². The molecule has 0 unspecified atom stereocenters. The molecule has 0 aliphatic carbocycles. The molecule has 0 amide bonds. The van der Waals surface area contributed by atoms with Gasteiger partial charge in [0.25, 0.3) is 0 Å². The molecule has 0 aliphatic rings. The molecule has 0 saturated carbocycles. The van der Waals surface area contributed by atoms with Crippen LogP contribution in [0.2, 0.25) is 0 Å². The molecule has 0 spiro atoms. The first-order valence-corrected chi connectivity index (χ1v) is 6.34. The summed E-state index contributed by atoms with van der Waals surface area (Å²) < 4.78 is 5.34. The van der Waals surface area contributed by atoms with E-state index in [-0.39, 0.29) is 0 Å². The maximum atomic E-state index is 5.34. The highest BCUT2D eigenvalue weighted by molar-refractivity contribution is 6.20. The molecular formula is C17H13NO. The molecule has 3 aromatic carbocycles. The average molecular weight is 247 g/mol. The highest BCUT2D eigenvalue weighted by Gasteiger charge is 2.08. The van der Waals surface area contributed by atoms with Gasteiger partial charge in [-0.1, -0.05) is 30.3 Å². The maximum absolute atomic E-state index is 5.34. The van der Waals surface area contributed by atoms with Gasteiger partial charge < -0.3 is 9.72 Å². The number of methoxy groups -OCH3 is 1. The van der Waals surface area contributed by atoms with E-state index in [1.165, 1.54) is 27.1 Å². The van der Waals surface area contributed by atoms with E-state index in [1.54, 1.807) is 7.11 Å². The lowest BCUT2D eigenvalue weighted by atomic mass is 10.0. The standard InChI is InChI=1S/C17H13NO/c1-19-12-7-9-15-14(10-12)17-13-5-3-2-4-11(13)6-8-16(17)18-15/h2-10,18H,1H3. The topological polar surface area (TPSA) is 25.0 Å². The minimum atomic E-state index is 0.890. The van der Waals surface area contributed by atoms with E-state index in [2.05, 4.69) is 53.5 Å². The second-order valence-electron chi connectivity index (χ2n) is 4.75. The van der Waals surface area contributed by atoms with Crippen LogP contribution in [0.4, 0.5) is 0 Å². The van der Waals surface area contributed by atoms with Crippen molar-refractivity contribution in [2.45, 2.75) is 0 Å². The molecule has 1 N–H and O–H groups in total. The molecule has 0 fully saturated rings. The van der Waals surface area contributed by atoms with Crippen molar-refractivity contribution in [1.29, 1.82) is 0 Å². The van der Waals surface area contributed by atoms with Crippen LogP contribution in [0, 0.1) is 0 Å². The van der Waals surface area contributed by atoms with Crippen molar-refractivity contribution < 1.29 is 4.74 Å². The van der Waals surface area contributed by atoms with Crippen molar-refractivity contribution in [3.63, 3.8) is 0 Å². The van der Waals surface area contributed by atoms with Crippen LogP contribution in [0.3, 0.4) is 0 Å². The average Bonchev–Trinajstić information content (AvgIpc) is 2.85. The van der Waals surface area contributed by atoms with Gasteiger partial charge in [0.05, 0.1) is 7.11 Å². The normalized spacial score (nSPS) is 11.4. The van der Waals surface area contributed by atoms with Crippen LogP contribution < -0.4 is 4.74 Å². The van der Waals surface area contributed by atoms with Gasteiger partial charge in [-0.3, -0.25) is 0 Å². The Morgan fingerprint density at radius 1 is 0.842 bits per heavy atom. The van der Waals surface area contributed by atoms with Crippen molar-refractivity contribution in [3.05, 3.63) is 54.6 Å². The summed E-state index contributed by atoms with van der Waals surface area (Å²) in [7, 11) is 1.70. The van der Waals surface area contributed by atoms with Gasteiger partial charge in [0, 0.05) is 21.8 Å². The van der Waals surface area contributed by atoms with E-state index < -0.39 is 0 Å². The van der Waals surface area contributed by atoms with Gasteiger partial charge in [0.2, 0.25) is 0 Å². The minimum Gasteiger partial charge on any atom is -0.497 e. The fourth-order valence-electron chi connectivity index (χ4n) is 2.78. The molecule has 4 rings (SSSR count). The monoisotopic (exact) mass is 247 g/mol. The van der Waals surface area contributed by atoms with Gasteiger partial charge >= 0.3 is 0 Å². The van der Waals surface area contributed by atoms with Crippen molar-refractivity contribution >= 4 is 32.6 Å². The molecule has 2 nitrogen and oxygen atoms in total. The quantitative estimate of drug-likeness (QED) is 0.527. The predicted octanol–water partition coefficient (Wildman–Crippen LogP) is 4.48. The summed E-state index contributed by atoms with van der Waals surface area (Å²) in [6.45, 7) is 0. The molecule has 19 heavy (non-hydrogen) atoms. The molecule has 0 radical (unpaired) electrons. The summed E-state index contributed by atoms with van der Waals surface area (Å²) in [6.07, 6.45) is 0. The Labute approximate surface area is 110 Å². The third kappa shape index (κ3) is 1.43. The zero-order chi connectivity index (χ0) is 12.8. The van der Waals surface area contributed by atoms with Crippen LogP contribution in [0.25, 0.3) is 32.6 Å². The van der Waals surface area contributed by atoms with Crippen molar-refractivity contribution in [1.82, 2.24) is 4.98 Å². The van der Waals surface area contributed by atoms with Crippen LogP contribution in [0.15, 0.2) is 54.6 Å². The molecule has 0 bridgehead atoms. The second-order valence-corrected chi connectivity index (χ2v) is 4.75. The fourth-order valence-corrected chi connectivity index (χ4v) is 2.78. The van der Waals surface area contributed by atoms with Crippen molar-refractivity contribution in [2.75, 3.05) is 7.11 Å². The van der Waals surface area contributed by atoms with Crippen LogP contribution in [0.5, 0.6) is 5.75 Å². The SMILES string of the molecule is COc1ccc2[nH]c3ccc4ccccc4c3c2c1. The molecule has 2 heteroatoms. The first kappa shape index (κ1) is 10.4. The highest BCUT2D eigenvalue weighted by Crippen LogP contribution is 2.33. The number of aromatic amines is 1. The molecule has 1 aromatic heterocycles. The Morgan fingerprint density at radius 3 is 2.58 bits per heavy atom. The van der Waals surface area contributed by atoms with Gasteiger partial charge in [-0.2, -0.15) is 0 Å². The summed E-state index contributed by atoms with van der Waals surface area (Å²) >= 11 is 0. The molecule has 0 atom stereocenters. The Morgan fingerprint density at radius 2 is 1.68 bits per heavy atom. The van der Waals surface area contributed by atoms with Gasteiger partial charge in [-0.05, 0) is 35.0 Å². The second kappa shape index (κ2) is 3.75.